The first-order valence-electron chi connectivity index (χ1n) is 5.53. The molecular weight excluding hydrogens is 348 g/mol. The first-order chi connectivity index (χ1) is 7.75. The molecule has 1 atom stereocenters. The van der Waals surface area contributed by atoms with Gasteiger partial charge in [0.25, 0.3) is 0 Å². The van der Waals surface area contributed by atoms with Crippen molar-refractivity contribution in [2.45, 2.75) is 27.2 Å². The maximum absolute atomic E-state index is 9.64. The van der Waals surface area contributed by atoms with Gasteiger partial charge in [-0.2, -0.15) is 0 Å². The van der Waals surface area contributed by atoms with Gasteiger partial charge in [-0.25, -0.2) is 0 Å². The molecule has 0 aliphatic heterocycles. The maximum Gasteiger partial charge on any atom is 0.143 e. The van der Waals surface area contributed by atoms with Crippen molar-refractivity contribution in [3.05, 3.63) is 26.6 Å². The lowest BCUT2D eigenvalue weighted by atomic mass is 9.78. The van der Waals surface area contributed by atoms with E-state index in [2.05, 4.69) is 52.6 Å². The van der Waals surface area contributed by atoms with Crippen molar-refractivity contribution in [1.29, 1.82) is 0 Å². The van der Waals surface area contributed by atoms with E-state index in [1.165, 1.54) is 0 Å². The molecule has 0 radical (unpaired) electrons. The van der Waals surface area contributed by atoms with Crippen LogP contribution in [0.3, 0.4) is 0 Å². The highest BCUT2D eigenvalue weighted by Gasteiger charge is 2.24. The number of aliphatic hydroxyl groups is 1. The van der Waals surface area contributed by atoms with Gasteiger partial charge in [-0.3, -0.25) is 0 Å². The molecule has 0 aliphatic rings. The van der Waals surface area contributed by atoms with E-state index in [9.17, 15) is 10.2 Å². The number of hydrogen-bond donors (Lipinski definition) is 2. The Hall–Kier alpha value is -0.0600. The van der Waals surface area contributed by atoms with E-state index in [0.29, 0.717) is 8.95 Å². The molecule has 2 N–H and O–H groups in total. The Morgan fingerprint density at radius 2 is 1.65 bits per heavy atom. The molecular formula is C13H18Br2O2. The predicted octanol–water partition coefficient (Wildman–Crippen LogP) is 4.11. The van der Waals surface area contributed by atoms with Crippen molar-refractivity contribution >= 4 is 31.9 Å². The highest BCUT2D eigenvalue weighted by molar-refractivity contribution is 9.11. The molecule has 0 saturated carbocycles. The normalized spacial score (nSPS) is 13.8. The average Bonchev–Trinajstić information content (AvgIpc) is 2.20. The van der Waals surface area contributed by atoms with Gasteiger partial charge in [-0.15, -0.1) is 0 Å². The fraction of sp³-hybridized carbons (Fsp3) is 0.538. The molecule has 0 aliphatic carbocycles. The fourth-order valence-electron chi connectivity index (χ4n) is 1.66. The van der Waals surface area contributed by atoms with Crippen molar-refractivity contribution in [2.24, 2.45) is 11.3 Å². The summed E-state index contributed by atoms with van der Waals surface area (Å²) in [6.45, 7) is 6.54. The summed E-state index contributed by atoms with van der Waals surface area (Å²) in [6.07, 6.45) is 0.789. The van der Waals surface area contributed by atoms with Crippen molar-refractivity contribution in [2.75, 3.05) is 6.61 Å². The quantitative estimate of drug-likeness (QED) is 0.845. The summed E-state index contributed by atoms with van der Waals surface area (Å²) in [6, 6.07) is 3.79. The number of phenolic OH excluding ortho intramolecular Hbond substituents is 1. The zero-order valence-corrected chi connectivity index (χ0v) is 13.5. The smallest absolute Gasteiger partial charge is 0.143 e. The summed E-state index contributed by atoms with van der Waals surface area (Å²) in [5.74, 6) is 0.413. The molecule has 17 heavy (non-hydrogen) atoms. The standard InChI is InChI=1S/C13H18Br2O2/c1-13(2,3)9(7-16)4-8-5-10(14)12(17)11(15)6-8/h5-6,9,16-17H,4,7H2,1-3H3. The predicted molar refractivity (Wildman–Crippen MR) is 77.2 cm³/mol. The van der Waals surface area contributed by atoms with Crippen LogP contribution in [0.4, 0.5) is 0 Å². The highest BCUT2D eigenvalue weighted by atomic mass is 79.9. The van der Waals surface area contributed by atoms with Gasteiger partial charge in [0.2, 0.25) is 0 Å². The third-order valence-corrected chi connectivity index (χ3v) is 4.21. The molecule has 0 saturated heterocycles. The van der Waals surface area contributed by atoms with Crippen LogP contribution < -0.4 is 0 Å². The lowest BCUT2D eigenvalue weighted by Crippen LogP contribution is -2.26. The van der Waals surface area contributed by atoms with Crippen molar-refractivity contribution in [1.82, 2.24) is 0 Å². The number of aliphatic hydroxyl groups excluding tert-OH is 1. The lowest BCUT2D eigenvalue weighted by molar-refractivity contribution is 0.131. The van der Waals surface area contributed by atoms with Crippen LogP contribution in [0.5, 0.6) is 5.75 Å². The molecule has 0 amide bonds. The van der Waals surface area contributed by atoms with Crippen molar-refractivity contribution in [3.63, 3.8) is 0 Å². The van der Waals surface area contributed by atoms with Crippen LogP contribution in [0.2, 0.25) is 0 Å². The second-order valence-electron chi connectivity index (χ2n) is 5.36. The van der Waals surface area contributed by atoms with E-state index in [4.69, 9.17) is 0 Å². The van der Waals surface area contributed by atoms with Crippen LogP contribution in [-0.4, -0.2) is 16.8 Å². The first-order valence-corrected chi connectivity index (χ1v) is 7.12. The van der Waals surface area contributed by atoms with Crippen LogP contribution in [0, 0.1) is 11.3 Å². The summed E-state index contributed by atoms with van der Waals surface area (Å²) in [5.41, 5.74) is 1.15. The Morgan fingerprint density at radius 1 is 1.18 bits per heavy atom. The molecule has 1 aromatic carbocycles. The maximum atomic E-state index is 9.64. The molecule has 4 heteroatoms. The molecule has 1 rings (SSSR count). The van der Waals surface area contributed by atoms with Gasteiger partial charge in [0.15, 0.2) is 0 Å². The first kappa shape index (κ1) is 15.0. The van der Waals surface area contributed by atoms with E-state index < -0.39 is 0 Å². The molecule has 0 fully saturated rings. The number of phenols is 1. The van der Waals surface area contributed by atoms with E-state index >= 15 is 0 Å². The highest BCUT2D eigenvalue weighted by Crippen LogP contribution is 2.36. The van der Waals surface area contributed by atoms with Gasteiger partial charge in [0.05, 0.1) is 8.95 Å². The third kappa shape index (κ3) is 3.97. The number of hydrogen-bond acceptors (Lipinski definition) is 2. The van der Waals surface area contributed by atoms with Gasteiger partial charge in [-0.05, 0) is 67.3 Å². The Kier molecular flexibility index (Phi) is 5.05. The van der Waals surface area contributed by atoms with Crippen LogP contribution in [0.1, 0.15) is 26.3 Å². The molecule has 2 nitrogen and oxygen atoms in total. The molecule has 96 valence electrons. The number of aromatic hydroxyl groups is 1. The minimum atomic E-state index is 0.0611. The largest absolute Gasteiger partial charge is 0.506 e. The van der Waals surface area contributed by atoms with E-state index in [1.54, 1.807) is 0 Å². The number of halogens is 2. The van der Waals surface area contributed by atoms with Crippen LogP contribution in [0.25, 0.3) is 0 Å². The average molecular weight is 366 g/mol. The Balaban J connectivity index is 2.95. The van der Waals surface area contributed by atoms with E-state index in [-0.39, 0.29) is 23.7 Å². The monoisotopic (exact) mass is 364 g/mol. The molecule has 0 spiro atoms. The SMILES string of the molecule is CC(C)(C)C(CO)Cc1cc(Br)c(O)c(Br)c1. The van der Waals surface area contributed by atoms with Gasteiger partial charge in [0.1, 0.15) is 5.75 Å². The Morgan fingerprint density at radius 3 is 2.00 bits per heavy atom. The summed E-state index contributed by atoms with van der Waals surface area (Å²) in [5, 5.41) is 19.1. The van der Waals surface area contributed by atoms with Crippen molar-refractivity contribution in [3.8, 4) is 5.75 Å². The summed E-state index contributed by atoms with van der Waals surface area (Å²) < 4.78 is 1.35. The zero-order valence-electron chi connectivity index (χ0n) is 10.3. The molecule has 0 aromatic heterocycles. The lowest BCUT2D eigenvalue weighted by Gasteiger charge is -2.29. The second kappa shape index (κ2) is 5.72. The topological polar surface area (TPSA) is 40.5 Å². The van der Waals surface area contributed by atoms with Gasteiger partial charge in [0, 0.05) is 6.61 Å². The van der Waals surface area contributed by atoms with Crippen LogP contribution in [-0.2, 0) is 6.42 Å². The number of rotatable bonds is 3. The van der Waals surface area contributed by atoms with Gasteiger partial charge >= 0.3 is 0 Å². The summed E-state index contributed by atoms with van der Waals surface area (Å²) >= 11 is 6.63. The van der Waals surface area contributed by atoms with Crippen LogP contribution in [0.15, 0.2) is 21.1 Å². The van der Waals surface area contributed by atoms with Crippen LogP contribution >= 0.6 is 31.9 Å². The van der Waals surface area contributed by atoms with Gasteiger partial charge < -0.3 is 10.2 Å². The third-order valence-electron chi connectivity index (χ3n) is 3.00. The summed E-state index contributed by atoms with van der Waals surface area (Å²) in [4.78, 5) is 0. The van der Waals surface area contributed by atoms with E-state index in [1.807, 2.05) is 12.1 Å². The molecule has 0 bridgehead atoms. The molecule has 0 heterocycles. The minimum absolute atomic E-state index is 0.0611. The Bertz CT molecular complexity index is 374. The van der Waals surface area contributed by atoms with Gasteiger partial charge in [-0.1, -0.05) is 20.8 Å². The number of benzene rings is 1. The van der Waals surface area contributed by atoms with Crippen molar-refractivity contribution < 1.29 is 10.2 Å². The Labute approximate surface area is 119 Å². The summed E-state index contributed by atoms with van der Waals surface area (Å²) in [7, 11) is 0. The zero-order chi connectivity index (χ0) is 13.2. The minimum Gasteiger partial charge on any atom is -0.506 e. The second-order valence-corrected chi connectivity index (χ2v) is 7.07. The fourth-order valence-corrected chi connectivity index (χ4v) is 2.95. The molecule has 1 aromatic rings. The van der Waals surface area contributed by atoms with E-state index in [0.717, 1.165) is 12.0 Å². The molecule has 1 unspecified atom stereocenters.